The highest BCUT2D eigenvalue weighted by Gasteiger charge is 2.45. The SMILES string of the molecule is CCN(CC)C1(C(O)c2cncc(OC)c2)CCCC1. The van der Waals surface area contributed by atoms with E-state index in [0.29, 0.717) is 5.75 Å². The monoisotopic (exact) mass is 278 g/mol. The van der Waals surface area contributed by atoms with Crippen molar-refractivity contribution in [1.82, 2.24) is 9.88 Å². The zero-order valence-corrected chi connectivity index (χ0v) is 12.8. The second kappa shape index (κ2) is 6.55. The van der Waals surface area contributed by atoms with Gasteiger partial charge in [0.25, 0.3) is 0 Å². The van der Waals surface area contributed by atoms with E-state index in [1.807, 2.05) is 6.07 Å². The van der Waals surface area contributed by atoms with Crippen LogP contribution >= 0.6 is 0 Å². The summed E-state index contributed by atoms with van der Waals surface area (Å²) in [4.78, 5) is 6.59. The molecular formula is C16H26N2O2. The minimum absolute atomic E-state index is 0.141. The van der Waals surface area contributed by atoms with Gasteiger partial charge in [-0.15, -0.1) is 0 Å². The number of aliphatic hydroxyl groups is 1. The Bertz CT molecular complexity index is 426. The van der Waals surface area contributed by atoms with Crippen molar-refractivity contribution in [1.29, 1.82) is 0 Å². The third kappa shape index (κ3) is 2.67. The summed E-state index contributed by atoms with van der Waals surface area (Å²) in [5.41, 5.74) is 0.718. The summed E-state index contributed by atoms with van der Waals surface area (Å²) in [5, 5.41) is 11.0. The van der Waals surface area contributed by atoms with Crippen molar-refractivity contribution in [3.63, 3.8) is 0 Å². The van der Waals surface area contributed by atoms with E-state index in [4.69, 9.17) is 4.74 Å². The molecule has 0 amide bonds. The summed E-state index contributed by atoms with van der Waals surface area (Å²) in [5.74, 6) is 0.703. The highest BCUT2D eigenvalue weighted by atomic mass is 16.5. The Morgan fingerprint density at radius 3 is 2.50 bits per heavy atom. The smallest absolute Gasteiger partial charge is 0.137 e. The van der Waals surface area contributed by atoms with Gasteiger partial charge in [-0.05, 0) is 32.0 Å². The molecule has 0 bridgehead atoms. The Kier molecular flexibility index (Phi) is 5.00. The molecular weight excluding hydrogens is 252 g/mol. The molecule has 0 spiro atoms. The molecule has 0 aliphatic heterocycles. The minimum Gasteiger partial charge on any atom is -0.495 e. The van der Waals surface area contributed by atoms with Crippen LogP contribution in [0.5, 0.6) is 5.75 Å². The number of pyridine rings is 1. The zero-order chi connectivity index (χ0) is 14.6. The van der Waals surface area contributed by atoms with Gasteiger partial charge in [0.2, 0.25) is 0 Å². The molecule has 0 saturated heterocycles. The van der Waals surface area contributed by atoms with E-state index in [1.54, 1.807) is 19.5 Å². The van der Waals surface area contributed by atoms with Crippen LogP contribution in [0.25, 0.3) is 0 Å². The molecule has 1 unspecified atom stereocenters. The largest absolute Gasteiger partial charge is 0.495 e. The first-order chi connectivity index (χ1) is 9.67. The minimum atomic E-state index is -0.507. The van der Waals surface area contributed by atoms with Gasteiger partial charge in [0.1, 0.15) is 5.75 Å². The highest BCUT2D eigenvalue weighted by molar-refractivity contribution is 5.27. The van der Waals surface area contributed by atoms with Gasteiger partial charge in [-0.2, -0.15) is 0 Å². The lowest BCUT2D eigenvalue weighted by Crippen LogP contribution is -2.51. The van der Waals surface area contributed by atoms with Gasteiger partial charge >= 0.3 is 0 Å². The fraction of sp³-hybridized carbons (Fsp3) is 0.688. The predicted octanol–water partition coefficient (Wildman–Crippen LogP) is 2.78. The van der Waals surface area contributed by atoms with Crippen molar-refractivity contribution in [2.24, 2.45) is 0 Å². The molecule has 4 nitrogen and oxygen atoms in total. The van der Waals surface area contributed by atoms with Crippen LogP contribution in [0.4, 0.5) is 0 Å². The third-order valence-corrected chi connectivity index (χ3v) is 4.66. The van der Waals surface area contributed by atoms with Gasteiger partial charge in [-0.25, -0.2) is 0 Å². The van der Waals surface area contributed by atoms with Crippen molar-refractivity contribution < 1.29 is 9.84 Å². The first kappa shape index (κ1) is 15.3. The molecule has 1 atom stereocenters. The molecule has 1 aromatic rings. The maximum absolute atomic E-state index is 11.0. The summed E-state index contributed by atoms with van der Waals surface area (Å²) in [6.45, 7) is 6.26. The van der Waals surface area contributed by atoms with Gasteiger partial charge in [0, 0.05) is 11.8 Å². The van der Waals surface area contributed by atoms with Gasteiger partial charge in [-0.1, -0.05) is 26.7 Å². The molecule has 1 aliphatic carbocycles. The third-order valence-electron chi connectivity index (χ3n) is 4.66. The fourth-order valence-corrected chi connectivity index (χ4v) is 3.61. The van der Waals surface area contributed by atoms with Crippen LogP contribution < -0.4 is 4.74 Å². The number of likely N-dealkylation sites (N-methyl/N-ethyl adjacent to an activating group) is 1. The summed E-state index contributed by atoms with van der Waals surface area (Å²) < 4.78 is 5.23. The van der Waals surface area contributed by atoms with E-state index in [1.165, 1.54) is 12.8 Å². The Morgan fingerprint density at radius 1 is 1.30 bits per heavy atom. The van der Waals surface area contributed by atoms with Gasteiger partial charge in [0.15, 0.2) is 0 Å². The quantitative estimate of drug-likeness (QED) is 0.869. The lowest BCUT2D eigenvalue weighted by Gasteiger charge is -2.44. The topological polar surface area (TPSA) is 45.6 Å². The predicted molar refractivity (Wildman–Crippen MR) is 79.9 cm³/mol. The second-order valence-electron chi connectivity index (χ2n) is 5.54. The van der Waals surface area contributed by atoms with Crippen molar-refractivity contribution >= 4 is 0 Å². The molecule has 112 valence electrons. The molecule has 1 aliphatic rings. The molecule has 1 heterocycles. The van der Waals surface area contributed by atoms with Crippen LogP contribution in [0.3, 0.4) is 0 Å². The average molecular weight is 278 g/mol. The average Bonchev–Trinajstić information content (AvgIpc) is 2.98. The van der Waals surface area contributed by atoms with Crippen molar-refractivity contribution in [3.8, 4) is 5.75 Å². The van der Waals surface area contributed by atoms with E-state index < -0.39 is 6.10 Å². The number of ether oxygens (including phenoxy) is 1. The lowest BCUT2D eigenvalue weighted by atomic mass is 9.84. The van der Waals surface area contributed by atoms with Crippen molar-refractivity contribution in [3.05, 3.63) is 24.0 Å². The summed E-state index contributed by atoms with van der Waals surface area (Å²) in [7, 11) is 1.63. The van der Waals surface area contributed by atoms with Crippen molar-refractivity contribution in [2.45, 2.75) is 51.2 Å². The second-order valence-corrected chi connectivity index (χ2v) is 5.54. The van der Waals surface area contributed by atoms with Gasteiger partial charge in [-0.3, -0.25) is 9.88 Å². The lowest BCUT2D eigenvalue weighted by molar-refractivity contribution is -0.0271. The van der Waals surface area contributed by atoms with E-state index in [2.05, 4.69) is 23.7 Å². The number of aliphatic hydroxyl groups excluding tert-OH is 1. The molecule has 1 saturated carbocycles. The fourth-order valence-electron chi connectivity index (χ4n) is 3.61. The summed E-state index contributed by atoms with van der Waals surface area (Å²) in [6.07, 6.45) is 7.40. The molecule has 2 rings (SSSR count). The molecule has 1 fully saturated rings. The number of hydrogen-bond donors (Lipinski definition) is 1. The summed E-state index contributed by atoms with van der Waals surface area (Å²) >= 11 is 0. The normalized spacial score (nSPS) is 19.2. The number of aromatic nitrogens is 1. The van der Waals surface area contributed by atoms with Crippen LogP contribution in [0.15, 0.2) is 18.5 Å². The highest BCUT2D eigenvalue weighted by Crippen LogP contribution is 2.44. The van der Waals surface area contributed by atoms with Crippen LogP contribution in [-0.4, -0.2) is 40.7 Å². The first-order valence-electron chi connectivity index (χ1n) is 7.60. The van der Waals surface area contributed by atoms with E-state index in [0.717, 1.165) is 31.5 Å². The van der Waals surface area contributed by atoms with Gasteiger partial charge in [0.05, 0.1) is 24.9 Å². The van der Waals surface area contributed by atoms with E-state index in [9.17, 15) is 5.11 Å². The number of hydrogen-bond acceptors (Lipinski definition) is 4. The Hall–Kier alpha value is -1.13. The van der Waals surface area contributed by atoms with Crippen LogP contribution in [0, 0.1) is 0 Å². The van der Waals surface area contributed by atoms with Crippen LogP contribution in [0.2, 0.25) is 0 Å². The van der Waals surface area contributed by atoms with E-state index >= 15 is 0 Å². The van der Waals surface area contributed by atoms with E-state index in [-0.39, 0.29) is 5.54 Å². The first-order valence-corrected chi connectivity index (χ1v) is 7.60. The molecule has 0 radical (unpaired) electrons. The zero-order valence-electron chi connectivity index (χ0n) is 12.8. The number of methoxy groups -OCH3 is 1. The molecule has 1 N–H and O–H groups in total. The Balaban J connectivity index is 2.33. The maximum atomic E-state index is 11.0. The van der Waals surface area contributed by atoms with Gasteiger partial charge < -0.3 is 9.84 Å². The molecule has 4 heteroatoms. The van der Waals surface area contributed by atoms with Crippen molar-refractivity contribution in [2.75, 3.05) is 20.2 Å². The standard InChI is InChI=1S/C16H26N2O2/c1-4-18(5-2)16(8-6-7-9-16)15(19)13-10-14(20-3)12-17-11-13/h10-12,15,19H,4-9H2,1-3H3. The Labute approximate surface area is 121 Å². The molecule has 1 aromatic heterocycles. The molecule has 20 heavy (non-hydrogen) atoms. The number of nitrogens with zero attached hydrogens (tertiary/aromatic N) is 2. The maximum Gasteiger partial charge on any atom is 0.137 e. The van der Waals surface area contributed by atoms with Crippen LogP contribution in [0.1, 0.15) is 51.2 Å². The summed E-state index contributed by atoms with van der Waals surface area (Å²) in [6, 6.07) is 1.90. The molecule has 0 aromatic carbocycles. The number of rotatable bonds is 6. The Morgan fingerprint density at radius 2 is 1.95 bits per heavy atom. The van der Waals surface area contributed by atoms with Crippen LogP contribution in [-0.2, 0) is 0 Å².